The number of anilines is 1. The average Bonchev–Trinajstić information content (AvgIpc) is 3.51. The third-order valence-electron chi connectivity index (χ3n) is 10.8. The van der Waals surface area contributed by atoms with Crippen LogP contribution in [0.25, 0.3) is 22.2 Å². The van der Waals surface area contributed by atoms with Crippen LogP contribution < -0.4 is 14.4 Å². The van der Waals surface area contributed by atoms with Crippen LogP contribution >= 0.6 is 0 Å². The fraction of sp³-hybridized carbons (Fsp3) is 0.419. The highest BCUT2D eigenvalue weighted by molar-refractivity contribution is 6.01. The van der Waals surface area contributed by atoms with Crippen molar-refractivity contribution in [3.8, 4) is 23.0 Å². The number of amides is 1. The maximum absolute atomic E-state index is 12.7. The van der Waals surface area contributed by atoms with Crippen molar-refractivity contribution < 1.29 is 19.0 Å². The summed E-state index contributed by atoms with van der Waals surface area (Å²) in [6.07, 6.45) is 3.28. The number of rotatable bonds is 10. The zero-order valence-corrected chi connectivity index (χ0v) is 31.3. The number of benzene rings is 3. The summed E-state index contributed by atoms with van der Waals surface area (Å²) in [5.41, 5.74) is 5.67. The van der Waals surface area contributed by atoms with Crippen LogP contribution in [0.4, 0.5) is 10.5 Å². The number of piperidine rings is 2. The average molecular weight is 715 g/mol. The predicted molar refractivity (Wildman–Crippen MR) is 207 cm³/mol. The Labute approximate surface area is 312 Å². The van der Waals surface area contributed by atoms with Gasteiger partial charge in [-0.2, -0.15) is 10.1 Å². The van der Waals surface area contributed by atoms with Gasteiger partial charge >= 0.3 is 6.09 Å². The molecule has 3 aromatic carbocycles. The van der Waals surface area contributed by atoms with Crippen molar-refractivity contribution in [2.45, 2.75) is 70.9 Å². The summed E-state index contributed by atoms with van der Waals surface area (Å²) >= 11 is 0. The molecule has 3 fully saturated rings. The molecule has 5 heterocycles. The smallest absolute Gasteiger partial charge is 0.410 e. The number of fused-ring (bicyclic) bond motifs is 3. The lowest BCUT2D eigenvalue weighted by Gasteiger charge is -2.57. The fourth-order valence-electron chi connectivity index (χ4n) is 8.14. The second-order valence-corrected chi connectivity index (χ2v) is 15.8. The van der Waals surface area contributed by atoms with Crippen molar-refractivity contribution in [2.24, 2.45) is 13.0 Å². The molecule has 2 aromatic heterocycles. The maximum atomic E-state index is 12.7. The number of pyridine rings is 1. The molecule has 0 spiro atoms. The first-order valence-corrected chi connectivity index (χ1v) is 19.0. The largest absolute Gasteiger partial charge is 0.473 e. The molecule has 8 rings (SSSR count). The van der Waals surface area contributed by atoms with Crippen LogP contribution in [-0.4, -0.2) is 81.1 Å². The standard InChI is InChI=1S/C43H50N6O4/c1-43(2,3)53-42(50)48-26-33-24-34(27-48)49(33)25-30-20-22-47(23-21-30)37-17-11-16-35-39(45-46(4)40(35)37)36-18-19-38(51-28-31-12-7-5-8-13-31)44-41(36)52-29-32-14-9-6-10-15-32/h5-19,30,33-34H,20-29H2,1-4H3. The Kier molecular flexibility index (Phi) is 9.72. The van der Waals surface area contributed by atoms with Crippen molar-refractivity contribution in [3.63, 3.8) is 0 Å². The molecular weight excluding hydrogens is 665 g/mol. The molecule has 3 aliphatic rings. The van der Waals surface area contributed by atoms with Gasteiger partial charge in [0, 0.05) is 63.3 Å². The molecule has 10 heteroatoms. The van der Waals surface area contributed by atoms with E-state index in [1.165, 1.54) is 12.1 Å². The van der Waals surface area contributed by atoms with Crippen LogP contribution in [0.15, 0.2) is 91.0 Å². The number of piperazine rings is 1. The number of nitrogens with zero attached hydrogens (tertiary/aromatic N) is 6. The lowest BCUT2D eigenvalue weighted by atomic mass is 9.84. The molecule has 0 radical (unpaired) electrons. The molecule has 5 aromatic rings. The van der Waals surface area contributed by atoms with Crippen molar-refractivity contribution >= 4 is 22.7 Å². The first-order valence-electron chi connectivity index (χ1n) is 19.0. The van der Waals surface area contributed by atoms with Crippen LogP contribution in [-0.2, 0) is 25.0 Å². The molecule has 2 bridgehead atoms. The topological polar surface area (TPSA) is 85.2 Å². The molecule has 0 aliphatic carbocycles. The van der Waals surface area contributed by atoms with Gasteiger partial charge in [-0.05, 0) is 69.2 Å². The van der Waals surface area contributed by atoms with Gasteiger partial charge in [0.2, 0.25) is 11.8 Å². The quantitative estimate of drug-likeness (QED) is 0.146. The lowest BCUT2D eigenvalue weighted by molar-refractivity contribution is -0.0808. The summed E-state index contributed by atoms with van der Waals surface area (Å²) in [6.45, 7) is 11.2. The molecule has 0 saturated carbocycles. The highest BCUT2D eigenvalue weighted by Gasteiger charge is 2.47. The molecule has 3 aliphatic heterocycles. The highest BCUT2D eigenvalue weighted by Crippen LogP contribution is 2.40. The minimum Gasteiger partial charge on any atom is -0.473 e. The number of carbonyl (C=O) groups excluding carboxylic acids is 1. The van der Waals surface area contributed by atoms with Crippen LogP contribution in [0, 0.1) is 5.92 Å². The minimum atomic E-state index is -0.464. The number of carbonyl (C=O) groups is 1. The van der Waals surface area contributed by atoms with E-state index in [1.54, 1.807) is 0 Å². The minimum absolute atomic E-state index is 0.176. The number of para-hydroxylation sites is 1. The van der Waals surface area contributed by atoms with Crippen molar-refractivity contribution in [2.75, 3.05) is 37.6 Å². The van der Waals surface area contributed by atoms with Gasteiger partial charge in [-0.3, -0.25) is 9.58 Å². The molecule has 10 nitrogen and oxygen atoms in total. The van der Waals surface area contributed by atoms with E-state index in [-0.39, 0.29) is 6.09 Å². The summed E-state index contributed by atoms with van der Waals surface area (Å²) in [5, 5.41) is 6.15. The molecule has 3 saturated heterocycles. The second kappa shape index (κ2) is 14.7. The van der Waals surface area contributed by atoms with E-state index in [1.807, 2.05) is 98.1 Å². The highest BCUT2D eigenvalue weighted by atomic mass is 16.6. The molecule has 2 unspecified atom stereocenters. The number of hydrogen-bond acceptors (Lipinski definition) is 8. The molecule has 2 atom stereocenters. The van der Waals surface area contributed by atoms with E-state index in [4.69, 9.17) is 24.3 Å². The molecule has 0 N–H and O–H groups in total. The number of likely N-dealkylation sites (tertiary alicyclic amines) is 2. The number of hydrogen-bond donors (Lipinski definition) is 0. The Hall–Kier alpha value is -5.09. The van der Waals surface area contributed by atoms with E-state index >= 15 is 0 Å². The summed E-state index contributed by atoms with van der Waals surface area (Å²) in [4.78, 5) is 24.6. The summed E-state index contributed by atoms with van der Waals surface area (Å²) in [7, 11) is 2.03. The van der Waals surface area contributed by atoms with Crippen LogP contribution in [0.3, 0.4) is 0 Å². The third kappa shape index (κ3) is 7.69. The maximum Gasteiger partial charge on any atom is 0.410 e. The monoisotopic (exact) mass is 714 g/mol. The van der Waals surface area contributed by atoms with Gasteiger partial charge in [0.05, 0.1) is 16.8 Å². The van der Waals surface area contributed by atoms with E-state index in [2.05, 4.69) is 40.1 Å². The van der Waals surface area contributed by atoms with Gasteiger partial charge in [-0.15, -0.1) is 0 Å². The molecule has 1 amide bonds. The van der Waals surface area contributed by atoms with Gasteiger partial charge in [-0.25, -0.2) is 4.79 Å². The Morgan fingerprint density at radius 2 is 1.47 bits per heavy atom. The van der Waals surface area contributed by atoms with E-state index in [9.17, 15) is 4.79 Å². The van der Waals surface area contributed by atoms with Gasteiger partial charge < -0.3 is 24.0 Å². The van der Waals surface area contributed by atoms with Crippen molar-refractivity contribution in [3.05, 3.63) is 102 Å². The zero-order valence-electron chi connectivity index (χ0n) is 31.3. The molecular formula is C43H50N6O4. The SMILES string of the molecule is Cn1nc(-c2ccc(OCc3ccccc3)nc2OCc2ccccc2)c2cccc(N3CCC(CN4C5CC4CN(C(=O)OC(C)(C)C)C5)CC3)c21. The summed E-state index contributed by atoms with van der Waals surface area (Å²) < 4.78 is 20.2. The van der Waals surface area contributed by atoms with Crippen LogP contribution in [0.2, 0.25) is 0 Å². The first kappa shape index (κ1) is 35.0. The lowest BCUT2D eigenvalue weighted by Crippen LogP contribution is -2.70. The van der Waals surface area contributed by atoms with Crippen LogP contribution in [0.5, 0.6) is 11.8 Å². The first-order chi connectivity index (χ1) is 25.7. The van der Waals surface area contributed by atoms with Crippen LogP contribution in [0.1, 0.15) is 51.2 Å². The van der Waals surface area contributed by atoms with Gasteiger partial charge in [0.25, 0.3) is 0 Å². The van der Waals surface area contributed by atoms with E-state index in [0.29, 0.717) is 43.0 Å². The Morgan fingerprint density at radius 3 is 2.13 bits per heavy atom. The van der Waals surface area contributed by atoms with Gasteiger partial charge in [0.1, 0.15) is 24.5 Å². The van der Waals surface area contributed by atoms with E-state index < -0.39 is 5.60 Å². The summed E-state index contributed by atoms with van der Waals surface area (Å²) in [6, 6.07) is 31.6. The van der Waals surface area contributed by atoms with Crippen molar-refractivity contribution in [1.29, 1.82) is 0 Å². The normalized spacial score (nSPS) is 19.2. The number of ether oxygens (including phenoxy) is 3. The van der Waals surface area contributed by atoms with E-state index in [0.717, 1.165) is 78.9 Å². The number of aryl methyl sites for hydroxylation is 1. The summed E-state index contributed by atoms with van der Waals surface area (Å²) in [5.74, 6) is 1.64. The Bertz CT molecular complexity index is 2020. The van der Waals surface area contributed by atoms with Crippen molar-refractivity contribution in [1.82, 2.24) is 24.6 Å². The Balaban J connectivity index is 0.967. The fourth-order valence-corrected chi connectivity index (χ4v) is 8.14. The third-order valence-corrected chi connectivity index (χ3v) is 10.8. The predicted octanol–water partition coefficient (Wildman–Crippen LogP) is 7.70. The van der Waals surface area contributed by atoms with Gasteiger partial charge in [0.15, 0.2) is 0 Å². The van der Waals surface area contributed by atoms with Gasteiger partial charge in [-0.1, -0.05) is 72.8 Å². The second-order valence-electron chi connectivity index (χ2n) is 15.8. The molecule has 53 heavy (non-hydrogen) atoms. The molecule has 276 valence electrons. The zero-order chi connectivity index (χ0) is 36.5. The number of aromatic nitrogens is 3. The Morgan fingerprint density at radius 1 is 0.811 bits per heavy atom.